The number of aliphatic hydroxyl groups is 1. The summed E-state index contributed by atoms with van der Waals surface area (Å²) < 4.78 is 0. The highest BCUT2D eigenvalue weighted by Gasteiger charge is 2.12. The third kappa shape index (κ3) is 4.28. The molecule has 122 valence electrons. The molecule has 2 N–H and O–H groups in total. The maximum absolute atomic E-state index is 12.0. The van der Waals surface area contributed by atoms with Crippen LogP contribution in [0.2, 0.25) is 0 Å². The van der Waals surface area contributed by atoms with Gasteiger partial charge in [-0.05, 0) is 12.0 Å². The predicted octanol–water partition coefficient (Wildman–Crippen LogP) is 4.26. The van der Waals surface area contributed by atoms with Crippen molar-refractivity contribution in [1.29, 1.82) is 0 Å². The first-order chi connectivity index (χ1) is 11.7. The molecular weight excluding hydrogens is 320 g/mol. The highest BCUT2D eigenvalue weighted by Crippen LogP contribution is 2.25. The van der Waals surface area contributed by atoms with Crippen LogP contribution in [0, 0.1) is 0 Å². The van der Waals surface area contributed by atoms with Crippen LogP contribution in [0.1, 0.15) is 24.5 Å². The van der Waals surface area contributed by atoms with Crippen molar-refractivity contribution in [3.8, 4) is 11.3 Å². The van der Waals surface area contributed by atoms with E-state index >= 15 is 0 Å². The summed E-state index contributed by atoms with van der Waals surface area (Å²) in [5.41, 5.74) is 2.69. The molecule has 0 aliphatic carbocycles. The Kier molecular flexibility index (Phi) is 5.36. The Hall–Kier alpha value is -2.50. The molecule has 0 unspecified atom stereocenters. The molecule has 0 fully saturated rings. The maximum Gasteiger partial charge on any atom is 0.226 e. The highest BCUT2D eigenvalue weighted by molar-refractivity contribution is 7.14. The number of nitrogens with zero attached hydrogens (tertiary/aromatic N) is 1. The highest BCUT2D eigenvalue weighted by atomic mass is 32.1. The lowest BCUT2D eigenvalue weighted by molar-refractivity contribution is -0.116. The molecule has 0 aliphatic heterocycles. The van der Waals surface area contributed by atoms with Crippen LogP contribution in [-0.4, -0.2) is 16.0 Å². The Labute approximate surface area is 144 Å². The molecule has 5 heteroatoms. The van der Waals surface area contributed by atoms with Gasteiger partial charge in [-0.15, -0.1) is 11.3 Å². The zero-order chi connectivity index (χ0) is 16.8. The van der Waals surface area contributed by atoms with E-state index < -0.39 is 6.10 Å². The quantitative estimate of drug-likeness (QED) is 0.706. The predicted molar refractivity (Wildman–Crippen MR) is 96.8 cm³/mol. The van der Waals surface area contributed by atoms with E-state index in [1.165, 1.54) is 11.3 Å². The van der Waals surface area contributed by atoms with Gasteiger partial charge in [0.15, 0.2) is 5.13 Å². The zero-order valence-electron chi connectivity index (χ0n) is 13.1. The number of hydrogen-bond donors (Lipinski definition) is 2. The van der Waals surface area contributed by atoms with Crippen molar-refractivity contribution in [1.82, 2.24) is 4.98 Å². The molecule has 24 heavy (non-hydrogen) atoms. The van der Waals surface area contributed by atoms with E-state index in [9.17, 15) is 9.90 Å². The van der Waals surface area contributed by atoms with Crippen molar-refractivity contribution in [3.05, 3.63) is 71.6 Å². The maximum atomic E-state index is 12.0. The largest absolute Gasteiger partial charge is 0.388 e. The summed E-state index contributed by atoms with van der Waals surface area (Å²) in [5.74, 6) is -0.140. The molecule has 3 rings (SSSR count). The first-order valence-electron chi connectivity index (χ1n) is 7.76. The normalized spacial score (nSPS) is 11.9. The Balaban J connectivity index is 1.53. The van der Waals surface area contributed by atoms with Crippen molar-refractivity contribution < 1.29 is 9.90 Å². The van der Waals surface area contributed by atoms with Crippen molar-refractivity contribution in [3.63, 3.8) is 0 Å². The number of rotatable bonds is 6. The van der Waals surface area contributed by atoms with Crippen LogP contribution >= 0.6 is 11.3 Å². The van der Waals surface area contributed by atoms with E-state index in [2.05, 4.69) is 10.3 Å². The van der Waals surface area contributed by atoms with Crippen LogP contribution in [0.3, 0.4) is 0 Å². The Bertz CT molecular complexity index is 787. The van der Waals surface area contributed by atoms with Gasteiger partial charge < -0.3 is 10.4 Å². The van der Waals surface area contributed by atoms with Crippen LogP contribution < -0.4 is 5.32 Å². The van der Waals surface area contributed by atoms with Crippen molar-refractivity contribution in [2.45, 2.75) is 18.9 Å². The second kappa shape index (κ2) is 7.86. The number of carbonyl (C=O) groups is 1. The van der Waals surface area contributed by atoms with Gasteiger partial charge in [0, 0.05) is 17.4 Å². The van der Waals surface area contributed by atoms with Gasteiger partial charge >= 0.3 is 0 Å². The molecule has 2 aromatic carbocycles. The topological polar surface area (TPSA) is 62.2 Å². The summed E-state index contributed by atoms with van der Waals surface area (Å²) in [7, 11) is 0. The van der Waals surface area contributed by atoms with Crippen molar-refractivity contribution >= 4 is 22.4 Å². The number of thiazole rings is 1. The minimum atomic E-state index is -0.631. The molecule has 0 aliphatic rings. The van der Waals surface area contributed by atoms with Crippen LogP contribution in [-0.2, 0) is 4.79 Å². The van der Waals surface area contributed by atoms with E-state index in [0.29, 0.717) is 11.6 Å². The summed E-state index contributed by atoms with van der Waals surface area (Å²) in [6, 6.07) is 19.2. The first-order valence-corrected chi connectivity index (χ1v) is 8.64. The molecule has 0 saturated heterocycles. The van der Waals surface area contributed by atoms with Gasteiger partial charge in [-0.3, -0.25) is 4.79 Å². The number of benzene rings is 2. The zero-order valence-corrected chi connectivity index (χ0v) is 13.9. The monoisotopic (exact) mass is 338 g/mol. The second-order valence-corrected chi connectivity index (χ2v) is 6.28. The summed E-state index contributed by atoms with van der Waals surface area (Å²) >= 11 is 1.40. The Morgan fingerprint density at radius 3 is 2.46 bits per heavy atom. The second-order valence-electron chi connectivity index (χ2n) is 5.42. The van der Waals surface area contributed by atoms with Gasteiger partial charge in [-0.1, -0.05) is 60.7 Å². The number of aromatic nitrogens is 1. The molecule has 0 saturated carbocycles. The fourth-order valence-corrected chi connectivity index (χ4v) is 3.10. The van der Waals surface area contributed by atoms with Crippen molar-refractivity contribution in [2.75, 3.05) is 5.32 Å². The van der Waals surface area contributed by atoms with Gasteiger partial charge in [-0.2, -0.15) is 0 Å². The molecule has 1 amide bonds. The lowest BCUT2D eigenvalue weighted by Gasteiger charge is -2.10. The molecule has 1 heterocycles. The summed E-state index contributed by atoms with van der Waals surface area (Å²) in [5, 5.41) is 15.4. The molecule has 4 nitrogen and oxygen atoms in total. The van der Waals surface area contributed by atoms with E-state index in [1.807, 2.05) is 66.0 Å². The number of carbonyl (C=O) groups excluding carboxylic acids is 1. The molecule has 0 bridgehead atoms. The number of nitrogens with one attached hydrogen (secondary N) is 1. The van der Waals surface area contributed by atoms with Crippen LogP contribution in [0.25, 0.3) is 11.3 Å². The van der Waals surface area contributed by atoms with Crippen molar-refractivity contribution in [2.24, 2.45) is 0 Å². The minimum absolute atomic E-state index is 0.140. The van der Waals surface area contributed by atoms with Crippen LogP contribution in [0.4, 0.5) is 5.13 Å². The Morgan fingerprint density at radius 1 is 1.08 bits per heavy atom. The van der Waals surface area contributed by atoms with E-state index in [0.717, 1.165) is 16.8 Å². The van der Waals surface area contributed by atoms with Gasteiger partial charge in [0.25, 0.3) is 0 Å². The number of amides is 1. The van der Waals surface area contributed by atoms with Gasteiger partial charge in [0.2, 0.25) is 5.91 Å². The average Bonchev–Trinajstić information content (AvgIpc) is 3.09. The molecular formula is C19H18N2O2S. The molecule has 1 atom stereocenters. The lowest BCUT2D eigenvalue weighted by Crippen LogP contribution is -2.12. The van der Waals surface area contributed by atoms with E-state index in [4.69, 9.17) is 0 Å². The molecule has 1 aromatic heterocycles. The van der Waals surface area contributed by atoms with Gasteiger partial charge in [-0.25, -0.2) is 4.98 Å². The van der Waals surface area contributed by atoms with Gasteiger partial charge in [0.1, 0.15) is 0 Å². The first kappa shape index (κ1) is 16.4. The standard InChI is InChI=1S/C19H18N2O2S/c22-17(15-9-5-2-6-10-15)11-12-18(23)21-19-20-16(13-24-19)14-7-3-1-4-8-14/h1-10,13,17,22H,11-12H2,(H,20,21,23)/t17-/m0/s1. The Morgan fingerprint density at radius 2 is 1.75 bits per heavy atom. The lowest BCUT2D eigenvalue weighted by atomic mass is 10.1. The summed E-state index contributed by atoms with van der Waals surface area (Å²) in [4.78, 5) is 16.5. The summed E-state index contributed by atoms with van der Waals surface area (Å²) in [6.07, 6.45) is -0.00331. The van der Waals surface area contributed by atoms with E-state index in [1.54, 1.807) is 0 Å². The summed E-state index contributed by atoms with van der Waals surface area (Å²) in [6.45, 7) is 0. The molecule has 0 radical (unpaired) electrons. The number of anilines is 1. The number of hydrogen-bond acceptors (Lipinski definition) is 4. The third-order valence-electron chi connectivity index (χ3n) is 3.65. The third-order valence-corrected chi connectivity index (χ3v) is 4.41. The average molecular weight is 338 g/mol. The SMILES string of the molecule is O=C(CC[C@H](O)c1ccccc1)Nc1nc(-c2ccccc2)cs1. The molecule has 0 spiro atoms. The van der Waals surface area contributed by atoms with Gasteiger partial charge in [0.05, 0.1) is 11.8 Å². The minimum Gasteiger partial charge on any atom is -0.388 e. The van der Waals surface area contributed by atoms with E-state index in [-0.39, 0.29) is 12.3 Å². The van der Waals surface area contributed by atoms with Crippen LogP contribution in [0.15, 0.2) is 66.0 Å². The van der Waals surface area contributed by atoms with Crippen LogP contribution in [0.5, 0.6) is 0 Å². The number of aliphatic hydroxyl groups excluding tert-OH is 1. The fraction of sp³-hybridized carbons (Fsp3) is 0.158. The molecule has 3 aromatic rings. The fourth-order valence-electron chi connectivity index (χ4n) is 2.36. The smallest absolute Gasteiger partial charge is 0.226 e.